The normalized spacial score (nSPS) is 11.2. The lowest BCUT2D eigenvalue weighted by atomic mass is 10.2. The van der Waals surface area contributed by atoms with Crippen molar-refractivity contribution in [2.45, 2.75) is 19.5 Å². The number of para-hydroxylation sites is 2. The van der Waals surface area contributed by atoms with E-state index in [4.69, 9.17) is 0 Å². The summed E-state index contributed by atoms with van der Waals surface area (Å²) < 4.78 is 3.11. The molecule has 0 fully saturated rings. The second-order valence-electron chi connectivity index (χ2n) is 6.55. The number of nitrogens with one attached hydrogen (secondary N) is 2. The van der Waals surface area contributed by atoms with Gasteiger partial charge in [0, 0.05) is 13.5 Å². The molecule has 2 aromatic heterocycles. The molecule has 2 aromatic carbocycles. The number of rotatable bonds is 5. The Morgan fingerprint density at radius 1 is 1.07 bits per heavy atom. The molecule has 0 radical (unpaired) electrons. The third kappa shape index (κ3) is 3.20. The molecule has 0 saturated heterocycles. The van der Waals surface area contributed by atoms with Gasteiger partial charge in [-0.25, -0.2) is 9.67 Å². The van der Waals surface area contributed by atoms with Crippen LogP contribution in [0.3, 0.4) is 0 Å². The lowest BCUT2D eigenvalue weighted by molar-refractivity contribution is -0.121. The van der Waals surface area contributed by atoms with Gasteiger partial charge in [-0.1, -0.05) is 24.3 Å². The highest BCUT2D eigenvalue weighted by molar-refractivity contribution is 5.80. The highest BCUT2D eigenvalue weighted by Gasteiger charge is 2.11. The molecule has 1 amide bonds. The topological polar surface area (TPSA) is 102 Å². The zero-order valence-electron chi connectivity index (χ0n) is 15.3. The number of fused-ring (bicyclic) bond motifs is 2. The highest BCUT2D eigenvalue weighted by Crippen LogP contribution is 2.13. The maximum absolute atomic E-state index is 12.5. The average molecular weight is 377 g/mol. The van der Waals surface area contributed by atoms with Crippen molar-refractivity contribution in [1.29, 1.82) is 0 Å². The van der Waals surface area contributed by atoms with Crippen molar-refractivity contribution < 1.29 is 4.79 Å². The zero-order chi connectivity index (χ0) is 19.7. The molecule has 4 aromatic rings. The fraction of sp³-hybridized carbons (Fsp3) is 0.200. The summed E-state index contributed by atoms with van der Waals surface area (Å²) >= 11 is 0. The minimum Gasteiger partial charge on any atom is -0.349 e. The molecule has 2 N–H and O–H groups in total. The average Bonchev–Trinajstić information content (AvgIpc) is 3.04. The van der Waals surface area contributed by atoms with Crippen molar-refractivity contribution in [2.24, 2.45) is 7.05 Å². The van der Waals surface area contributed by atoms with Gasteiger partial charge in [0.05, 0.1) is 34.9 Å². The molecule has 0 saturated carbocycles. The van der Waals surface area contributed by atoms with Gasteiger partial charge in [-0.05, 0) is 24.3 Å². The van der Waals surface area contributed by atoms with Crippen molar-refractivity contribution >= 4 is 27.7 Å². The molecule has 0 atom stereocenters. The van der Waals surface area contributed by atoms with Crippen LogP contribution in [0.4, 0.5) is 0 Å². The number of carbonyl (C=O) groups is 1. The molecule has 0 aliphatic heterocycles. The van der Waals surface area contributed by atoms with Crippen LogP contribution in [0.5, 0.6) is 0 Å². The summed E-state index contributed by atoms with van der Waals surface area (Å²) in [4.78, 5) is 41.3. The van der Waals surface area contributed by atoms with Crippen molar-refractivity contribution in [3.8, 4) is 0 Å². The Kier molecular flexibility index (Phi) is 4.52. The quantitative estimate of drug-likeness (QED) is 0.547. The third-order valence-electron chi connectivity index (χ3n) is 4.77. The number of carbonyl (C=O) groups excluding carboxylic acids is 1. The fourth-order valence-corrected chi connectivity index (χ4v) is 3.24. The molecule has 8 heteroatoms. The van der Waals surface area contributed by atoms with Gasteiger partial charge in [0.1, 0.15) is 5.82 Å². The van der Waals surface area contributed by atoms with Crippen molar-refractivity contribution in [3.63, 3.8) is 0 Å². The van der Waals surface area contributed by atoms with Crippen LogP contribution in [0.1, 0.15) is 12.2 Å². The molecule has 0 aliphatic carbocycles. The summed E-state index contributed by atoms with van der Waals surface area (Å²) in [6, 6.07) is 14.4. The lowest BCUT2D eigenvalue weighted by Crippen LogP contribution is -2.32. The van der Waals surface area contributed by atoms with Gasteiger partial charge >= 0.3 is 0 Å². The predicted octanol–water partition coefficient (Wildman–Crippen LogP) is 1.28. The monoisotopic (exact) mass is 377 g/mol. The number of aryl methyl sites for hydroxylation is 2. The number of aromatic amines is 1. The predicted molar refractivity (Wildman–Crippen MR) is 106 cm³/mol. The lowest BCUT2D eigenvalue weighted by Gasteiger charge is -2.08. The van der Waals surface area contributed by atoms with Crippen molar-refractivity contribution in [3.05, 3.63) is 75.1 Å². The number of amides is 1. The highest BCUT2D eigenvalue weighted by atomic mass is 16.2. The van der Waals surface area contributed by atoms with Crippen molar-refractivity contribution in [2.75, 3.05) is 0 Å². The van der Waals surface area contributed by atoms with E-state index in [0.717, 1.165) is 16.9 Å². The smallest absolute Gasteiger partial charge is 0.273 e. The number of H-pyrrole nitrogens is 1. The van der Waals surface area contributed by atoms with Crippen LogP contribution in [0, 0.1) is 0 Å². The van der Waals surface area contributed by atoms with Gasteiger partial charge in [-0.3, -0.25) is 19.5 Å². The molecular formula is C20H19N5O3. The van der Waals surface area contributed by atoms with Crippen LogP contribution in [-0.2, 0) is 24.9 Å². The Bertz CT molecular complexity index is 1300. The Hall–Kier alpha value is -3.68. The molecule has 0 aliphatic rings. The van der Waals surface area contributed by atoms with Crippen LogP contribution in [0.25, 0.3) is 21.8 Å². The molecule has 8 nitrogen and oxygen atoms in total. The van der Waals surface area contributed by atoms with E-state index in [2.05, 4.69) is 15.4 Å². The summed E-state index contributed by atoms with van der Waals surface area (Å²) in [7, 11) is 1.90. The Morgan fingerprint density at radius 2 is 1.79 bits per heavy atom. The summed E-state index contributed by atoms with van der Waals surface area (Å²) in [5, 5.41) is 6.02. The Labute approximate surface area is 159 Å². The first kappa shape index (κ1) is 17.7. The van der Waals surface area contributed by atoms with Gasteiger partial charge in [0.2, 0.25) is 5.91 Å². The van der Waals surface area contributed by atoms with Gasteiger partial charge in [-0.15, -0.1) is 0 Å². The van der Waals surface area contributed by atoms with Crippen LogP contribution in [0.2, 0.25) is 0 Å². The number of hydrogen-bond donors (Lipinski definition) is 2. The van der Waals surface area contributed by atoms with Gasteiger partial charge < -0.3 is 9.88 Å². The summed E-state index contributed by atoms with van der Waals surface area (Å²) in [6.07, 6.45) is 0.0676. The SMILES string of the molecule is Cn1c(CNC(=O)CCn2[nH]c(=O)c3ccccc3c2=O)nc2ccccc21. The van der Waals surface area contributed by atoms with E-state index >= 15 is 0 Å². The molecule has 4 rings (SSSR count). The molecule has 2 heterocycles. The zero-order valence-corrected chi connectivity index (χ0v) is 15.3. The molecule has 0 spiro atoms. The number of imidazole rings is 1. The molecular weight excluding hydrogens is 358 g/mol. The number of nitrogens with zero attached hydrogens (tertiary/aromatic N) is 3. The van der Waals surface area contributed by atoms with Crippen molar-refractivity contribution in [1.82, 2.24) is 24.6 Å². The van der Waals surface area contributed by atoms with Crippen LogP contribution in [-0.4, -0.2) is 25.2 Å². The van der Waals surface area contributed by atoms with E-state index < -0.39 is 0 Å². The summed E-state index contributed by atoms with van der Waals surface area (Å²) in [6.45, 7) is 0.375. The van der Waals surface area contributed by atoms with E-state index in [0.29, 0.717) is 10.8 Å². The van der Waals surface area contributed by atoms with E-state index in [1.54, 1.807) is 24.3 Å². The maximum atomic E-state index is 12.5. The first-order chi connectivity index (χ1) is 13.5. The van der Waals surface area contributed by atoms with E-state index in [1.807, 2.05) is 35.9 Å². The van der Waals surface area contributed by atoms with Crippen LogP contribution < -0.4 is 16.4 Å². The number of aromatic nitrogens is 4. The van der Waals surface area contributed by atoms with E-state index in [-0.39, 0.29) is 36.5 Å². The minimum atomic E-state index is -0.352. The molecule has 142 valence electrons. The Balaban J connectivity index is 1.44. The van der Waals surface area contributed by atoms with Gasteiger partial charge in [-0.2, -0.15) is 0 Å². The summed E-state index contributed by atoms with van der Waals surface area (Å²) in [5.41, 5.74) is 1.19. The van der Waals surface area contributed by atoms with Crippen LogP contribution >= 0.6 is 0 Å². The van der Waals surface area contributed by atoms with Gasteiger partial charge in [0.25, 0.3) is 11.1 Å². The minimum absolute atomic E-state index is 0.0676. The second-order valence-corrected chi connectivity index (χ2v) is 6.55. The molecule has 0 bridgehead atoms. The molecule has 0 unspecified atom stereocenters. The van der Waals surface area contributed by atoms with Crippen LogP contribution in [0.15, 0.2) is 58.1 Å². The summed E-state index contributed by atoms with van der Waals surface area (Å²) in [5.74, 6) is 0.513. The number of benzene rings is 2. The van der Waals surface area contributed by atoms with E-state index in [9.17, 15) is 14.4 Å². The Morgan fingerprint density at radius 3 is 2.57 bits per heavy atom. The second kappa shape index (κ2) is 7.15. The van der Waals surface area contributed by atoms with E-state index in [1.165, 1.54) is 4.68 Å². The largest absolute Gasteiger partial charge is 0.349 e. The first-order valence-electron chi connectivity index (χ1n) is 8.93. The first-order valence-corrected chi connectivity index (χ1v) is 8.93. The maximum Gasteiger partial charge on any atom is 0.273 e. The standard InChI is InChI=1S/C20H19N5O3/c1-24-16-9-5-4-8-15(16)22-17(24)12-21-18(26)10-11-25-20(28)14-7-3-2-6-13(14)19(27)23-25/h2-9H,10-12H2,1H3,(H,21,26)(H,23,27). The third-order valence-corrected chi connectivity index (χ3v) is 4.77. The van der Waals surface area contributed by atoms with Gasteiger partial charge in [0.15, 0.2) is 0 Å². The number of hydrogen-bond acceptors (Lipinski definition) is 4. The molecule has 28 heavy (non-hydrogen) atoms. The fourth-order valence-electron chi connectivity index (χ4n) is 3.24.